The molecule has 2 heterocycles. The first-order valence-corrected chi connectivity index (χ1v) is 9.18. The summed E-state index contributed by atoms with van der Waals surface area (Å²) in [4.78, 5) is 0. The molecule has 3 aromatic rings. The molecule has 0 spiro atoms. The Morgan fingerprint density at radius 1 is 1.04 bits per heavy atom. The number of halogens is 2. The number of nitrogens with one attached hydrogen (secondary N) is 1. The molecule has 0 fully saturated rings. The van der Waals surface area contributed by atoms with Gasteiger partial charge in [-0.2, -0.15) is 5.10 Å². The number of benzene rings is 2. The molecule has 1 aliphatic rings. The Morgan fingerprint density at radius 3 is 2.62 bits per heavy atom. The lowest BCUT2D eigenvalue weighted by atomic mass is 10.0. The second kappa shape index (κ2) is 6.55. The maximum Gasteiger partial charge on any atom is 0.133 e. The van der Waals surface area contributed by atoms with Crippen LogP contribution in [0.15, 0.2) is 48.5 Å². The number of aromatic nitrogens is 2. The molecular formula is C19H17FIN3. The summed E-state index contributed by atoms with van der Waals surface area (Å²) in [5.74, 6) is 0.767. The zero-order chi connectivity index (χ0) is 16.5. The first-order chi connectivity index (χ1) is 11.7. The molecule has 0 bridgehead atoms. The van der Waals surface area contributed by atoms with Crippen molar-refractivity contribution < 1.29 is 4.39 Å². The Hall–Kier alpha value is -1.89. The molecule has 3 nitrogen and oxygen atoms in total. The summed E-state index contributed by atoms with van der Waals surface area (Å²) in [6.07, 6.45) is 3.11. The van der Waals surface area contributed by atoms with Crippen molar-refractivity contribution in [2.24, 2.45) is 0 Å². The van der Waals surface area contributed by atoms with E-state index in [1.165, 1.54) is 9.64 Å². The monoisotopic (exact) mass is 433 g/mol. The first kappa shape index (κ1) is 15.6. The van der Waals surface area contributed by atoms with Gasteiger partial charge in [-0.05, 0) is 78.3 Å². The maximum absolute atomic E-state index is 14.3. The van der Waals surface area contributed by atoms with Crippen molar-refractivity contribution in [1.82, 2.24) is 9.78 Å². The molecule has 1 aromatic heterocycles. The van der Waals surface area contributed by atoms with E-state index in [0.29, 0.717) is 5.56 Å². The summed E-state index contributed by atoms with van der Waals surface area (Å²) >= 11 is 2.29. The van der Waals surface area contributed by atoms with Gasteiger partial charge >= 0.3 is 0 Å². The highest BCUT2D eigenvalue weighted by atomic mass is 127. The Labute approximate surface area is 154 Å². The number of nitrogens with zero attached hydrogens (tertiary/aromatic N) is 2. The predicted octanol–water partition coefficient (Wildman–Crippen LogP) is 5.03. The molecule has 1 N–H and O–H groups in total. The van der Waals surface area contributed by atoms with Crippen molar-refractivity contribution in [3.63, 3.8) is 0 Å². The van der Waals surface area contributed by atoms with Crippen LogP contribution < -0.4 is 5.32 Å². The molecule has 0 aliphatic carbocycles. The van der Waals surface area contributed by atoms with E-state index in [1.807, 2.05) is 22.9 Å². The van der Waals surface area contributed by atoms with Crippen LogP contribution in [0.1, 0.15) is 18.4 Å². The molecule has 0 unspecified atom stereocenters. The van der Waals surface area contributed by atoms with Gasteiger partial charge in [-0.25, -0.2) is 9.07 Å². The Kier molecular flexibility index (Phi) is 4.26. The summed E-state index contributed by atoms with van der Waals surface area (Å²) in [5, 5.41) is 8.27. The van der Waals surface area contributed by atoms with Crippen LogP contribution in [-0.4, -0.2) is 16.3 Å². The highest BCUT2D eigenvalue weighted by Crippen LogP contribution is 2.35. The van der Waals surface area contributed by atoms with Gasteiger partial charge in [-0.3, -0.25) is 0 Å². The van der Waals surface area contributed by atoms with E-state index in [1.54, 1.807) is 12.1 Å². The van der Waals surface area contributed by atoms with Crippen LogP contribution in [0, 0.1) is 9.39 Å². The zero-order valence-corrected chi connectivity index (χ0v) is 15.3. The molecular weight excluding hydrogens is 416 g/mol. The number of anilines is 1. The van der Waals surface area contributed by atoms with Crippen molar-refractivity contribution in [3.8, 4) is 16.9 Å². The van der Waals surface area contributed by atoms with E-state index in [2.05, 4.69) is 40.0 Å². The van der Waals surface area contributed by atoms with Crippen molar-refractivity contribution >= 4 is 28.4 Å². The van der Waals surface area contributed by atoms with Crippen molar-refractivity contribution in [2.75, 3.05) is 11.9 Å². The van der Waals surface area contributed by atoms with E-state index in [9.17, 15) is 4.39 Å². The van der Waals surface area contributed by atoms with E-state index < -0.39 is 0 Å². The molecule has 0 atom stereocenters. The van der Waals surface area contributed by atoms with Crippen molar-refractivity contribution in [1.29, 1.82) is 0 Å². The Morgan fingerprint density at radius 2 is 1.83 bits per heavy atom. The van der Waals surface area contributed by atoms with Crippen LogP contribution >= 0.6 is 22.6 Å². The van der Waals surface area contributed by atoms with Crippen LogP contribution in [-0.2, 0) is 6.42 Å². The number of hydrogen-bond donors (Lipinski definition) is 1. The van der Waals surface area contributed by atoms with Crippen LogP contribution in [0.25, 0.3) is 16.9 Å². The fourth-order valence-electron chi connectivity index (χ4n) is 3.14. The van der Waals surface area contributed by atoms with Gasteiger partial charge in [0.05, 0.1) is 5.69 Å². The Balaban J connectivity index is 1.92. The number of fused-ring (bicyclic) bond motifs is 1. The van der Waals surface area contributed by atoms with E-state index >= 15 is 0 Å². The lowest BCUT2D eigenvalue weighted by Gasteiger charge is -2.09. The minimum absolute atomic E-state index is 0.225. The summed E-state index contributed by atoms with van der Waals surface area (Å²) in [6.45, 7) is 0.916. The fraction of sp³-hybridized carbons (Fsp3) is 0.211. The molecule has 122 valence electrons. The summed E-state index contributed by atoms with van der Waals surface area (Å²) < 4.78 is 17.4. The summed E-state index contributed by atoms with van der Waals surface area (Å²) in [5.41, 5.74) is 3.41. The maximum atomic E-state index is 14.3. The van der Waals surface area contributed by atoms with E-state index in [0.717, 1.165) is 48.6 Å². The average Bonchev–Trinajstić information content (AvgIpc) is 2.78. The molecule has 1 aliphatic heterocycles. The van der Waals surface area contributed by atoms with Gasteiger partial charge in [0.15, 0.2) is 0 Å². The topological polar surface area (TPSA) is 29.9 Å². The molecule has 5 heteroatoms. The van der Waals surface area contributed by atoms with Gasteiger partial charge in [0.2, 0.25) is 0 Å². The normalized spacial score (nSPS) is 13.9. The minimum atomic E-state index is -0.225. The SMILES string of the molecule is Fc1ccccc1-c1nn(-c2ccc(I)cc2)c2c1CCCCN2. The number of hydrogen-bond acceptors (Lipinski definition) is 2. The Bertz CT molecular complexity index is 871. The van der Waals surface area contributed by atoms with Crippen molar-refractivity contribution in [2.45, 2.75) is 19.3 Å². The fourth-order valence-corrected chi connectivity index (χ4v) is 3.50. The van der Waals surface area contributed by atoms with E-state index in [-0.39, 0.29) is 5.82 Å². The largest absolute Gasteiger partial charge is 0.370 e. The molecule has 2 aromatic carbocycles. The van der Waals surface area contributed by atoms with Crippen LogP contribution in [0.3, 0.4) is 0 Å². The van der Waals surface area contributed by atoms with Gasteiger partial charge in [0.1, 0.15) is 17.3 Å². The summed E-state index contributed by atoms with van der Waals surface area (Å²) in [7, 11) is 0. The first-order valence-electron chi connectivity index (χ1n) is 8.10. The third-order valence-electron chi connectivity index (χ3n) is 4.33. The molecule has 0 radical (unpaired) electrons. The smallest absolute Gasteiger partial charge is 0.133 e. The van der Waals surface area contributed by atoms with Gasteiger partial charge < -0.3 is 5.32 Å². The molecule has 0 saturated heterocycles. The van der Waals surface area contributed by atoms with E-state index in [4.69, 9.17) is 5.10 Å². The second-order valence-electron chi connectivity index (χ2n) is 5.93. The highest BCUT2D eigenvalue weighted by molar-refractivity contribution is 14.1. The van der Waals surface area contributed by atoms with Gasteiger partial charge in [0, 0.05) is 21.2 Å². The lowest BCUT2D eigenvalue weighted by Crippen LogP contribution is -2.07. The van der Waals surface area contributed by atoms with Crippen LogP contribution in [0.2, 0.25) is 0 Å². The summed E-state index contributed by atoms with van der Waals surface area (Å²) in [6, 6.07) is 15.1. The third kappa shape index (κ3) is 2.81. The van der Waals surface area contributed by atoms with Crippen molar-refractivity contribution in [3.05, 3.63) is 63.5 Å². The predicted molar refractivity (Wildman–Crippen MR) is 103 cm³/mol. The zero-order valence-electron chi connectivity index (χ0n) is 13.1. The van der Waals surface area contributed by atoms with Gasteiger partial charge in [-0.1, -0.05) is 12.1 Å². The molecule has 4 rings (SSSR count). The quantitative estimate of drug-likeness (QED) is 0.575. The highest BCUT2D eigenvalue weighted by Gasteiger charge is 2.23. The standard InChI is InChI=1S/C19H17FIN3/c20-17-7-2-1-5-15(17)18-16-6-3-4-12-22-19(16)24(23-18)14-10-8-13(21)9-11-14/h1-2,5,7-11,22H,3-4,6,12H2. The molecule has 24 heavy (non-hydrogen) atoms. The van der Waals surface area contributed by atoms with Crippen LogP contribution in [0.5, 0.6) is 0 Å². The average molecular weight is 433 g/mol. The van der Waals surface area contributed by atoms with Gasteiger partial charge in [-0.15, -0.1) is 0 Å². The van der Waals surface area contributed by atoms with Crippen LogP contribution in [0.4, 0.5) is 10.2 Å². The third-order valence-corrected chi connectivity index (χ3v) is 5.05. The minimum Gasteiger partial charge on any atom is -0.370 e. The second-order valence-corrected chi connectivity index (χ2v) is 7.17. The molecule has 0 amide bonds. The lowest BCUT2D eigenvalue weighted by molar-refractivity contribution is 0.630. The molecule has 0 saturated carbocycles. The number of rotatable bonds is 2. The van der Waals surface area contributed by atoms with Gasteiger partial charge in [0.25, 0.3) is 0 Å².